The topological polar surface area (TPSA) is 62.4 Å². The summed E-state index contributed by atoms with van der Waals surface area (Å²) in [6, 6.07) is 4.65. The number of pyridine rings is 1. The first-order valence-electron chi connectivity index (χ1n) is 5.72. The molecule has 3 N–H and O–H groups in total. The summed E-state index contributed by atoms with van der Waals surface area (Å²) in [5.74, 6) is -0.429. The van der Waals surface area contributed by atoms with Crippen molar-refractivity contribution in [1.29, 1.82) is 0 Å². The molecule has 0 fully saturated rings. The van der Waals surface area contributed by atoms with E-state index in [4.69, 9.17) is 5.73 Å². The van der Waals surface area contributed by atoms with Crippen molar-refractivity contribution in [3.63, 3.8) is 0 Å². The second-order valence-electron chi connectivity index (χ2n) is 4.34. The molecule has 1 aromatic carbocycles. The van der Waals surface area contributed by atoms with Crippen LogP contribution in [-0.2, 0) is 0 Å². The van der Waals surface area contributed by atoms with Crippen molar-refractivity contribution < 1.29 is 9.50 Å². The van der Waals surface area contributed by atoms with Crippen molar-refractivity contribution in [2.75, 3.05) is 24.3 Å². The maximum Gasteiger partial charge on any atom is 0.150 e. The van der Waals surface area contributed by atoms with E-state index in [1.54, 1.807) is 30.3 Å². The Hall–Kier alpha value is -1.88. The highest BCUT2D eigenvalue weighted by atomic mass is 19.1. The van der Waals surface area contributed by atoms with Gasteiger partial charge in [0, 0.05) is 30.4 Å². The summed E-state index contributed by atoms with van der Waals surface area (Å²) in [6.45, 7) is 1.75. The van der Waals surface area contributed by atoms with Crippen molar-refractivity contribution in [3.8, 4) is 0 Å². The van der Waals surface area contributed by atoms with E-state index in [2.05, 4.69) is 4.98 Å². The Kier molecular flexibility index (Phi) is 3.34. The number of fused-ring (bicyclic) bond motifs is 1. The lowest BCUT2D eigenvalue weighted by Crippen LogP contribution is -2.32. The fourth-order valence-electron chi connectivity index (χ4n) is 1.90. The number of hydrogen-bond donors (Lipinski definition) is 2. The van der Waals surface area contributed by atoms with Crippen molar-refractivity contribution in [1.82, 2.24) is 4.98 Å². The third-order valence-electron chi connectivity index (χ3n) is 3.13. The van der Waals surface area contributed by atoms with Gasteiger partial charge in [-0.1, -0.05) is 0 Å². The summed E-state index contributed by atoms with van der Waals surface area (Å²) >= 11 is 0. The monoisotopic (exact) mass is 249 g/mol. The van der Waals surface area contributed by atoms with Crippen LogP contribution in [0.1, 0.15) is 6.92 Å². The van der Waals surface area contributed by atoms with Crippen LogP contribution in [0.2, 0.25) is 0 Å². The standard InChI is InChI=1S/C13H16FN3O/c1-8(7-18)17(2)13-10(14)6-11(15)9-4-3-5-16-12(9)13/h3-6,8,18H,7,15H2,1-2H3. The molecular formula is C13H16FN3O. The number of aliphatic hydroxyl groups is 1. The summed E-state index contributed by atoms with van der Waals surface area (Å²) < 4.78 is 14.1. The van der Waals surface area contributed by atoms with E-state index in [1.807, 2.05) is 6.92 Å². The Bertz CT molecular complexity index is 573. The van der Waals surface area contributed by atoms with Crippen molar-refractivity contribution in [3.05, 3.63) is 30.2 Å². The molecule has 0 aliphatic heterocycles. The highest BCUT2D eigenvalue weighted by Gasteiger charge is 2.18. The lowest BCUT2D eigenvalue weighted by Gasteiger charge is -2.27. The van der Waals surface area contributed by atoms with Crippen molar-refractivity contribution >= 4 is 22.3 Å². The number of nitrogens with zero attached hydrogens (tertiary/aromatic N) is 2. The van der Waals surface area contributed by atoms with Crippen LogP contribution in [0.5, 0.6) is 0 Å². The van der Waals surface area contributed by atoms with Gasteiger partial charge in [0.25, 0.3) is 0 Å². The van der Waals surface area contributed by atoms with Gasteiger partial charge in [-0.05, 0) is 25.1 Å². The molecular weight excluding hydrogens is 233 g/mol. The van der Waals surface area contributed by atoms with Crippen LogP contribution in [-0.4, -0.2) is 29.8 Å². The zero-order valence-corrected chi connectivity index (χ0v) is 10.4. The van der Waals surface area contributed by atoms with Gasteiger partial charge in [-0.2, -0.15) is 0 Å². The van der Waals surface area contributed by atoms with E-state index in [0.717, 1.165) is 0 Å². The lowest BCUT2D eigenvalue weighted by atomic mass is 10.1. The molecule has 2 rings (SSSR count). The number of benzene rings is 1. The second kappa shape index (κ2) is 4.78. The summed E-state index contributed by atoms with van der Waals surface area (Å²) in [7, 11) is 1.73. The quantitative estimate of drug-likeness (QED) is 0.814. The number of anilines is 2. The number of halogens is 1. The van der Waals surface area contributed by atoms with Crippen LogP contribution >= 0.6 is 0 Å². The molecule has 0 saturated carbocycles. The SMILES string of the molecule is CC(CO)N(C)c1c(F)cc(N)c2cccnc12. The predicted molar refractivity (Wildman–Crippen MR) is 71.1 cm³/mol. The van der Waals surface area contributed by atoms with Gasteiger partial charge in [-0.15, -0.1) is 0 Å². The first-order chi connectivity index (χ1) is 8.56. The van der Waals surface area contributed by atoms with Gasteiger partial charge >= 0.3 is 0 Å². The zero-order chi connectivity index (χ0) is 13.3. The van der Waals surface area contributed by atoms with Gasteiger partial charge in [-0.3, -0.25) is 4.98 Å². The first-order valence-corrected chi connectivity index (χ1v) is 5.72. The third-order valence-corrected chi connectivity index (χ3v) is 3.13. The number of nitrogen functional groups attached to an aromatic ring is 1. The fraction of sp³-hybridized carbons (Fsp3) is 0.308. The van der Waals surface area contributed by atoms with Gasteiger partial charge in [0.1, 0.15) is 0 Å². The highest BCUT2D eigenvalue weighted by Crippen LogP contribution is 2.32. The van der Waals surface area contributed by atoms with E-state index in [9.17, 15) is 9.50 Å². The normalized spacial score (nSPS) is 12.7. The molecule has 96 valence electrons. The molecule has 4 nitrogen and oxygen atoms in total. The van der Waals surface area contributed by atoms with Crippen LogP contribution in [0.4, 0.5) is 15.8 Å². The van der Waals surface area contributed by atoms with Crippen LogP contribution in [0.15, 0.2) is 24.4 Å². The Morgan fingerprint density at radius 1 is 1.56 bits per heavy atom. The van der Waals surface area contributed by atoms with Crippen LogP contribution in [0.25, 0.3) is 10.9 Å². The maximum atomic E-state index is 14.1. The van der Waals surface area contributed by atoms with E-state index in [0.29, 0.717) is 22.3 Å². The van der Waals surface area contributed by atoms with E-state index in [1.165, 1.54) is 6.07 Å². The number of rotatable bonds is 3. The largest absolute Gasteiger partial charge is 0.398 e. The molecule has 0 saturated heterocycles. The minimum absolute atomic E-state index is 0.0609. The molecule has 0 aliphatic rings. The molecule has 0 radical (unpaired) electrons. The molecule has 5 heteroatoms. The van der Waals surface area contributed by atoms with Crippen LogP contribution in [0.3, 0.4) is 0 Å². The van der Waals surface area contributed by atoms with Gasteiger partial charge < -0.3 is 15.7 Å². The van der Waals surface area contributed by atoms with E-state index >= 15 is 0 Å². The number of likely N-dealkylation sites (N-methyl/N-ethyl adjacent to an activating group) is 1. The zero-order valence-electron chi connectivity index (χ0n) is 10.4. The smallest absolute Gasteiger partial charge is 0.150 e. The second-order valence-corrected chi connectivity index (χ2v) is 4.34. The Balaban J connectivity index is 2.70. The maximum absolute atomic E-state index is 14.1. The summed E-state index contributed by atoms with van der Waals surface area (Å²) in [6.07, 6.45) is 1.60. The number of aliphatic hydroxyl groups excluding tert-OH is 1. The third kappa shape index (κ3) is 1.97. The minimum atomic E-state index is -0.429. The van der Waals surface area contributed by atoms with Gasteiger partial charge in [0.05, 0.1) is 17.8 Å². The van der Waals surface area contributed by atoms with Gasteiger partial charge in [0.2, 0.25) is 0 Å². The van der Waals surface area contributed by atoms with E-state index in [-0.39, 0.29) is 12.6 Å². The Labute approximate surface area is 105 Å². The lowest BCUT2D eigenvalue weighted by molar-refractivity contribution is 0.270. The van der Waals surface area contributed by atoms with E-state index < -0.39 is 5.82 Å². The molecule has 0 amide bonds. The molecule has 2 aromatic rings. The number of nitrogens with two attached hydrogens (primary N) is 1. The molecule has 1 aromatic heterocycles. The Morgan fingerprint density at radius 3 is 2.94 bits per heavy atom. The first kappa shape index (κ1) is 12.6. The number of aromatic nitrogens is 1. The number of hydrogen-bond acceptors (Lipinski definition) is 4. The summed E-state index contributed by atoms with van der Waals surface area (Å²) in [5, 5.41) is 9.89. The van der Waals surface area contributed by atoms with Crippen molar-refractivity contribution in [2.45, 2.75) is 13.0 Å². The minimum Gasteiger partial charge on any atom is -0.398 e. The fourth-order valence-corrected chi connectivity index (χ4v) is 1.90. The molecule has 18 heavy (non-hydrogen) atoms. The molecule has 0 bridgehead atoms. The van der Waals surface area contributed by atoms with Crippen LogP contribution in [0, 0.1) is 5.82 Å². The van der Waals surface area contributed by atoms with Gasteiger partial charge in [-0.25, -0.2) is 4.39 Å². The predicted octanol–water partition coefficient (Wildman–Crippen LogP) is 1.77. The molecule has 1 atom stereocenters. The highest BCUT2D eigenvalue weighted by molar-refractivity contribution is 5.98. The summed E-state index contributed by atoms with van der Waals surface area (Å²) in [5.41, 5.74) is 7.03. The Morgan fingerprint density at radius 2 is 2.28 bits per heavy atom. The molecule has 0 aliphatic carbocycles. The summed E-state index contributed by atoms with van der Waals surface area (Å²) in [4.78, 5) is 5.87. The average molecular weight is 249 g/mol. The van der Waals surface area contributed by atoms with Crippen LogP contribution < -0.4 is 10.6 Å². The van der Waals surface area contributed by atoms with Crippen molar-refractivity contribution in [2.24, 2.45) is 0 Å². The molecule has 0 spiro atoms. The molecule has 1 heterocycles. The molecule has 1 unspecified atom stereocenters. The van der Waals surface area contributed by atoms with Gasteiger partial charge in [0.15, 0.2) is 5.82 Å². The average Bonchev–Trinajstić information content (AvgIpc) is 2.37.